The zero-order chi connectivity index (χ0) is 19.9. The third-order valence-corrected chi connectivity index (χ3v) is 6.06. The summed E-state index contributed by atoms with van der Waals surface area (Å²) >= 11 is 0. The first-order valence-corrected chi connectivity index (χ1v) is 9.47. The molecule has 0 aromatic heterocycles. The minimum absolute atomic E-state index is 0.0451. The molecule has 0 radical (unpaired) electrons. The number of azo groups is 1. The molecule has 1 aromatic carbocycles. The summed E-state index contributed by atoms with van der Waals surface area (Å²) in [6, 6.07) is 7.87. The smallest absolute Gasteiger partial charge is 0.399 e. The minimum Gasteiger partial charge on any atom is -0.399 e. The molecule has 0 saturated carbocycles. The van der Waals surface area contributed by atoms with Crippen LogP contribution in [0, 0.1) is 0 Å². The molecule has 1 saturated heterocycles. The van der Waals surface area contributed by atoms with Crippen LogP contribution < -0.4 is 5.46 Å². The Hall–Kier alpha value is -1.76. The van der Waals surface area contributed by atoms with E-state index in [1.807, 2.05) is 30.3 Å². The van der Waals surface area contributed by atoms with Gasteiger partial charge in [-0.15, -0.1) is 0 Å². The number of nitrogens with zero attached hydrogens (tertiary/aromatic N) is 3. The molecule has 0 N–H and O–H groups in total. The summed E-state index contributed by atoms with van der Waals surface area (Å²) in [6.07, 6.45) is 7.27. The Morgan fingerprint density at radius 1 is 0.926 bits per heavy atom. The summed E-state index contributed by atoms with van der Waals surface area (Å²) in [5.74, 6) is 0. The zero-order valence-electron chi connectivity index (χ0n) is 17.5. The predicted molar refractivity (Wildman–Crippen MR) is 111 cm³/mol. The molecular weight excluding hydrogens is 337 g/mol. The van der Waals surface area contributed by atoms with Gasteiger partial charge in [0.25, 0.3) is 0 Å². The van der Waals surface area contributed by atoms with Crippen LogP contribution >= 0.6 is 0 Å². The van der Waals surface area contributed by atoms with Crippen molar-refractivity contribution < 1.29 is 9.31 Å². The molecule has 0 amide bonds. The lowest BCUT2D eigenvalue weighted by atomic mass is 9.79. The Morgan fingerprint density at radius 3 is 2.00 bits per heavy atom. The van der Waals surface area contributed by atoms with Crippen molar-refractivity contribution in [2.75, 3.05) is 14.1 Å². The van der Waals surface area contributed by atoms with Crippen LogP contribution in [0.2, 0.25) is 0 Å². The third-order valence-electron chi connectivity index (χ3n) is 6.06. The van der Waals surface area contributed by atoms with Crippen LogP contribution in [-0.4, -0.2) is 42.9 Å². The fourth-order valence-electron chi connectivity index (χ4n) is 2.91. The maximum Gasteiger partial charge on any atom is 0.494 e. The van der Waals surface area contributed by atoms with Gasteiger partial charge in [0.15, 0.2) is 0 Å². The van der Waals surface area contributed by atoms with Gasteiger partial charge in [0.2, 0.25) is 0 Å². The molecule has 1 unspecified atom stereocenters. The fraction of sp³-hybridized carbons (Fsp3) is 0.524. The summed E-state index contributed by atoms with van der Waals surface area (Å²) in [5.41, 5.74) is 2.07. The van der Waals surface area contributed by atoms with E-state index in [2.05, 4.69) is 76.0 Å². The number of hydrogen-bond donors (Lipinski definition) is 0. The van der Waals surface area contributed by atoms with E-state index in [1.165, 1.54) is 0 Å². The molecule has 1 aliphatic carbocycles. The van der Waals surface area contributed by atoms with Gasteiger partial charge in [0, 0.05) is 5.54 Å². The minimum atomic E-state index is -0.353. The van der Waals surface area contributed by atoms with Crippen molar-refractivity contribution in [3.63, 3.8) is 0 Å². The molecule has 3 rings (SSSR count). The second-order valence-corrected chi connectivity index (χ2v) is 8.80. The lowest BCUT2D eigenvalue weighted by Gasteiger charge is -2.34. The van der Waals surface area contributed by atoms with E-state index in [0.717, 1.165) is 23.3 Å². The first-order valence-electron chi connectivity index (χ1n) is 9.47. The highest BCUT2D eigenvalue weighted by Crippen LogP contribution is 2.36. The standard InChI is InChI=1S/C21H30BN3O2/c1-19(2)20(3,4)27-22(26-19)16-8-10-17(11-9-16)23-24-18-12-14-21(5,15-13-18)25(6)7/h8-14H,15H2,1-7H3/b24-23+. The SMILES string of the molecule is CN(C)C1(C)C=CC(/N=N/c2ccc(B3OC(C)(C)C(C)(C)O3)cc2)=CC1. The van der Waals surface area contributed by atoms with Crippen LogP contribution in [0.25, 0.3) is 0 Å². The van der Waals surface area contributed by atoms with Crippen molar-refractivity contribution in [3.05, 3.63) is 48.2 Å². The number of hydrogen-bond acceptors (Lipinski definition) is 5. The lowest BCUT2D eigenvalue weighted by Crippen LogP contribution is -2.41. The summed E-state index contributed by atoms with van der Waals surface area (Å²) in [7, 11) is 3.83. The average molecular weight is 367 g/mol. The second-order valence-electron chi connectivity index (χ2n) is 8.80. The van der Waals surface area contributed by atoms with Crippen LogP contribution in [0.4, 0.5) is 5.69 Å². The highest BCUT2D eigenvalue weighted by molar-refractivity contribution is 6.62. The Labute approximate surface area is 163 Å². The molecule has 1 atom stereocenters. The second kappa shape index (κ2) is 7.00. The van der Waals surface area contributed by atoms with Gasteiger partial charge in [0.05, 0.1) is 22.6 Å². The quantitative estimate of drug-likeness (QED) is 0.591. The number of benzene rings is 1. The number of allylic oxidation sites excluding steroid dienone is 1. The van der Waals surface area contributed by atoms with Crippen molar-refractivity contribution in [1.82, 2.24) is 4.90 Å². The summed E-state index contributed by atoms with van der Waals surface area (Å²) in [6.45, 7) is 10.4. The fourth-order valence-corrected chi connectivity index (χ4v) is 2.91. The van der Waals surface area contributed by atoms with E-state index in [0.29, 0.717) is 0 Å². The maximum atomic E-state index is 6.09. The van der Waals surface area contributed by atoms with E-state index in [4.69, 9.17) is 9.31 Å². The molecule has 2 aliphatic rings. The summed E-state index contributed by atoms with van der Waals surface area (Å²) in [4.78, 5) is 2.21. The van der Waals surface area contributed by atoms with Crippen LogP contribution in [0.1, 0.15) is 41.0 Å². The Bertz CT molecular complexity index is 765. The first kappa shape index (κ1) is 20.0. The molecular formula is C21H30BN3O2. The number of rotatable bonds is 4. The van der Waals surface area contributed by atoms with E-state index < -0.39 is 0 Å². The van der Waals surface area contributed by atoms with Gasteiger partial charge in [-0.25, -0.2) is 0 Å². The first-order chi connectivity index (χ1) is 12.5. The molecule has 27 heavy (non-hydrogen) atoms. The molecule has 6 heteroatoms. The zero-order valence-corrected chi connectivity index (χ0v) is 17.5. The van der Waals surface area contributed by atoms with Gasteiger partial charge >= 0.3 is 7.12 Å². The largest absolute Gasteiger partial charge is 0.494 e. The molecule has 1 heterocycles. The van der Waals surface area contributed by atoms with Crippen LogP contribution in [0.5, 0.6) is 0 Å². The van der Waals surface area contributed by atoms with Gasteiger partial charge in [-0.3, -0.25) is 0 Å². The van der Waals surface area contributed by atoms with Crippen LogP contribution in [0.15, 0.2) is 58.4 Å². The van der Waals surface area contributed by atoms with Crippen molar-refractivity contribution >= 4 is 18.3 Å². The molecule has 0 spiro atoms. The van der Waals surface area contributed by atoms with Crippen LogP contribution in [-0.2, 0) is 9.31 Å². The van der Waals surface area contributed by atoms with Gasteiger partial charge < -0.3 is 14.2 Å². The van der Waals surface area contributed by atoms with Crippen molar-refractivity contribution in [2.24, 2.45) is 10.2 Å². The molecule has 1 aliphatic heterocycles. The normalized spacial score (nSPS) is 26.8. The molecule has 1 fully saturated rings. The van der Waals surface area contributed by atoms with E-state index in [9.17, 15) is 0 Å². The topological polar surface area (TPSA) is 46.4 Å². The van der Waals surface area contributed by atoms with Gasteiger partial charge in [0.1, 0.15) is 0 Å². The Kier molecular flexibility index (Phi) is 5.19. The molecule has 5 nitrogen and oxygen atoms in total. The van der Waals surface area contributed by atoms with E-state index >= 15 is 0 Å². The van der Waals surface area contributed by atoms with Gasteiger partial charge in [-0.1, -0.05) is 24.3 Å². The highest BCUT2D eigenvalue weighted by Gasteiger charge is 2.51. The maximum absolute atomic E-state index is 6.09. The Balaban J connectivity index is 1.65. The summed E-state index contributed by atoms with van der Waals surface area (Å²) in [5, 5.41) is 8.73. The lowest BCUT2D eigenvalue weighted by molar-refractivity contribution is 0.00578. The average Bonchev–Trinajstić information content (AvgIpc) is 2.82. The summed E-state index contributed by atoms with van der Waals surface area (Å²) < 4.78 is 12.2. The van der Waals surface area contributed by atoms with Crippen molar-refractivity contribution in [1.29, 1.82) is 0 Å². The third kappa shape index (κ3) is 4.08. The van der Waals surface area contributed by atoms with E-state index in [1.54, 1.807) is 0 Å². The molecule has 0 bridgehead atoms. The Morgan fingerprint density at radius 2 is 1.52 bits per heavy atom. The van der Waals surface area contributed by atoms with Gasteiger partial charge in [-0.2, -0.15) is 10.2 Å². The predicted octanol–water partition coefficient (Wildman–Crippen LogP) is 4.23. The molecule has 1 aromatic rings. The van der Waals surface area contributed by atoms with Crippen molar-refractivity contribution in [2.45, 2.75) is 57.8 Å². The highest BCUT2D eigenvalue weighted by atomic mass is 16.7. The van der Waals surface area contributed by atoms with Crippen LogP contribution in [0.3, 0.4) is 0 Å². The van der Waals surface area contributed by atoms with Crippen molar-refractivity contribution in [3.8, 4) is 0 Å². The van der Waals surface area contributed by atoms with Gasteiger partial charge in [-0.05, 0) is 78.8 Å². The molecule has 144 valence electrons. The number of likely N-dealkylation sites (N-methyl/N-ethyl adjacent to an activating group) is 1. The van der Waals surface area contributed by atoms with E-state index in [-0.39, 0.29) is 23.9 Å². The monoisotopic (exact) mass is 367 g/mol.